The van der Waals surface area contributed by atoms with Crippen LogP contribution < -0.4 is 10.1 Å². The van der Waals surface area contributed by atoms with E-state index in [1.54, 1.807) is 0 Å². The molecule has 0 spiro atoms. The summed E-state index contributed by atoms with van der Waals surface area (Å²) in [7, 11) is 1.91. The van der Waals surface area contributed by atoms with Gasteiger partial charge in [0.1, 0.15) is 12.4 Å². The zero-order valence-corrected chi connectivity index (χ0v) is 13.2. The second-order valence-corrected chi connectivity index (χ2v) is 5.94. The molecule has 4 heteroatoms. The average Bonchev–Trinajstić information content (AvgIpc) is 2.33. The second-order valence-electron chi connectivity index (χ2n) is 5.50. The maximum Gasteiger partial charge on any atom is 0.124 e. The highest BCUT2D eigenvalue weighted by Gasteiger charge is 2.12. The van der Waals surface area contributed by atoms with Gasteiger partial charge < -0.3 is 14.8 Å². The van der Waals surface area contributed by atoms with Crippen molar-refractivity contribution in [2.75, 3.05) is 20.3 Å². The third-order valence-electron chi connectivity index (χ3n) is 2.75. The summed E-state index contributed by atoms with van der Waals surface area (Å²) < 4.78 is 11.4. The van der Waals surface area contributed by atoms with Crippen molar-refractivity contribution in [1.29, 1.82) is 0 Å². The molecule has 1 aromatic carbocycles. The van der Waals surface area contributed by atoms with Crippen molar-refractivity contribution in [1.82, 2.24) is 5.32 Å². The quantitative estimate of drug-likeness (QED) is 0.806. The molecule has 0 saturated carbocycles. The van der Waals surface area contributed by atoms with Crippen LogP contribution in [0.3, 0.4) is 0 Å². The average molecular weight is 286 g/mol. The Morgan fingerprint density at radius 1 is 1.26 bits per heavy atom. The largest absolute Gasteiger partial charge is 0.491 e. The minimum absolute atomic E-state index is 0.134. The van der Waals surface area contributed by atoms with Gasteiger partial charge in [0, 0.05) is 16.6 Å². The predicted octanol–water partition coefficient (Wildman–Crippen LogP) is 3.81. The molecule has 0 saturated heterocycles. The molecule has 0 fully saturated rings. The first kappa shape index (κ1) is 16.3. The van der Waals surface area contributed by atoms with Crippen LogP contribution >= 0.6 is 11.6 Å². The van der Waals surface area contributed by atoms with Gasteiger partial charge in [-0.05, 0) is 52.9 Å². The Morgan fingerprint density at radius 2 is 1.95 bits per heavy atom. The van der Waals surface area contributed by atoms with E-state index in [1.165, 1.54) is 0 Å². The molecule has 3 nitrogen and oxygen atoms in total. The van der Waals surface area contributed by atoms with Crippen molar-refractivity contribution in [3.05, 3.63) is 28.8 Å². The Kier molecular flexibility index (Phi) is 6.11. The summed E-state index contributed by atoms with van der Waals surface area (Å²) in [5.41, 5.74) is 0.926. The van der Waals surface area contributed by atoms with Crippen molar-refractivity contribution < 1.29 is 9.47 Å². The minimum Gasteiger partial charge on any atom is -0.491 e. The van der Waals surface area contributed by atoms with Gasteiger partial charge >= 0.3 is 0 Å². The summed E-state index contributed by atoms with van der Waals surface area (Å²) in [6.45, 7) is 9.27. The molecular weight excluding hydrogens is 262 g/mol. The number of hydrogen-bond donors (Lipinski definition) is 1. The van der Waals surface area contributed by atoms with E-state index in [4.69, 9.17) is 21.1 Å². The van der Waals surface area contributed by atoms with E-state index in [0.717, 1.165) is 16.3 Å². The lowest BCUT2D eigenvalue weighted by molar-refractivity contribution is -0.0164. The van der Waals surface area contributed by atoms with E-state index in [1.807, 2.05) is 46.0 Å². The fourth-order valence-electron chi connectivity index (χ4n) is 1.64. The molecule has 0 bridgehead atoms. The number of halogens is 1. The van der Waals surface area contributed by atoms with E-state index in [-0.39, 0.29) is 11.6 Å². The Bertz CT molecular complexity index is 402. The number of benzene rings is 1. The third-order valence-corrected chi connectivity index (χ3v) is 2.98. The third kappa shape index (κ3) is 5.81. The molecule has 1 atom stereocenters. The van der Waals surface area contributed by atoms with Crippen LogP contribution in [0.1, 0.15) is 39.3 Å². The minimum atomic E-state index is -0.134. The molecule has 1 unspecified atom stereocenters. The second kappa shape index (κ2) is 7.13. The molecule has 0 aliphatic carbocycles. The normalized spacial score (nSPS) is 13.4. The van der Waals surface area contributed by atoms with Crippen LogP contribution in [0.25, 0.3) is 0 Å². The van der Waals surface area contributed by atoms with Gasteiger partial charge in [-0.3, -0.25) is 0 Å². The first-order valence-corrected chi connectivity index (χ1v) is 6.95. The van der Waals surface area contributed by atoms with Crippen molar-refractivity contribution >= 4 is 11.6 Å². The standard InChI is InChI=1S/C15H24ClNO2/c1-11(17-5)13-10-12(16)6-7-14(13)18-8-9-19-15(2,3)4/h6-7,10-11,17H,8-9H2,1-5H3. The van der Waals surface area contributed by atoms with Gasteiger partial charge in [0.05, 0.1) is 12.2 Å². The van der Waals surface area contributed by atoms with Crippen LogP contribution in [0.4, 0.5) is 0 Å². The van der Waals surface area contributed by atoms with E-state index < -0.39 is 0 Å². The summed E-state index contributed by atoms with van der Waals surface area (Å²) in [4.78, 5) is 0. The van der Waals surface area contributed by atoms with Crippen LogP contribution in [0.5, 0.6) is 5.75 Å². The van der Waals surface area contributed by atoms with E-state index in [2.05, 4.69) is 12.2 Å². The SMILES string of the molecule is CNC(C)c1cc(Cl)ccc1OCCOC(C)(C)C. The molecule has 0 radical (unpaired) electrons. The van der Waals surface area contributed by atoms with Crippen molar-refractivity contribution in [3.63, 3.8) is 0 Å². The summed E-state index contributed by atoms with van der Waals surface area (Å²) in [6, 6.07) is 5.87. The maximum atomic E-state index is 6.03. The highest BCUT2D eigenvalue weighted by molar-refractivity contribution is 6.30. The lowest BCUT2D eigenvalue weighted by Gasteiger charge is -2.21. The Labute approximate surface area is 121 Å². The lowest BCUT2D eigenvalue weighted by atomic mass is 10.1. The van der Waals surface area contributed by atoms with Crippen molar-refractivity contribution in [2.24, 2.45) is 0 Å². The Hall–Kier alpha value is -0.770. The summed E-state index contributed by atoms with van der Waals surface area (Å²) in [5, 5.41) is 3.91. The molecular formula is C15H24ClNO2. The van der Waals surface area contributed by atoms with Crippen LogP contribution in [0.2, 0.25) is 5.02 Å². The zero-order valence-electron chi connectivity index (χ0n) is 12.4. The number of rotatable bonds is 6. The molecule has 1 aromatic rings. The summed E-state index contributed by atoms with van der Waals surface area (Å²) in [5.74, 6) is 0.851. The summed E-state index contributed by atoms with van der Waals surface area (Å²) in [6.07, 6.45) is 0. The Balaban J connectivity index is 2.62. The number of nitrogens with one attached hydrogen (secondary N) is 1. The van der Waals surface area contributed by atoms with Gasteiger partial charge in [-0.15, -0.1) is 0 Å². The molecule has 0 aliphatic rings. The van der Waals surface area contributed by atoms with E-state index in [9.17, 15) is 0 Å². The monoisotopic (exact) mass is 285 g/mol. The van der Waals surface area contributed by atoms with Gasteiger partial charge in [-0.2, -0.15) is 0 Å². The maximum absolute atomic E-state index is 6.03. The fraction of sp³-hybridized carbons (Fsp3) is 0.600. The first-order chi connectivity index (χ1) is 8.83. The predicted molar refractivity (Wildman–Crippen MR) is 80.1 cm³/mol. The molecule has 108 valence electrons. The molecule has 0 heterocycles. The number of ether oxygens (including phenoxy) is 2. The fourth-order valence-corrected chi connectivity index (χ4v) is 1.82. The highest BCUT2D eigenvalue weighted by Crippen LogP contribution is 2.28. The van der Waals surface area contributed by atoms with Crippen molar-refractivity contribution in [2.45, 2.75) is 39.3 Å². The molecule has 0 aliphatic heterocycles. The van der Waals surface area contributed by atoms with Gasteiger partial charge in [-0.25, -0.2) is 0 Å². The van der Waals surface area contributed by atoms with Crippen LogP contribution in [0, 0.1) is 0 Å². The molecule has 0 amide bonds. The van der Waals surface area contributed by atoms with E-state index >= 15 is 0 Å². The van der Waals surface area contributed by atoms with E-state index in [0.29, 0.717) is 13.2 Å². The Morgan fingerprint density at radius 3 is 2.53 bits per heavy atom. The van der Waals surface area contributed by atoms with Crippen molar-refractivity contribution in [3.8, 4) is 5.75 Å². The first-order valence-electron chi connectivity index (χ1n) is 6.57. The van der Waals surface area contributed by atoms with Crippen LogP contribution in [-0.2, 0) is 4.74 Å². The molecule has 1 N–H and O–H groups in total. The highest BCUT2D eigenvalue weighted by atomic mass is 35.5. The lowest BCUT2D eigenvalue weighted by Crippen LogP contribution is -2.23. The zero-order chi connectivity index (χ0) is 14.5. The van der Waals surface area contributed by atoms with Gasteiger partial charge in [-0.1, -0.05) is 11.6 Å². The smallest absolute Gasteiger partial charge is 0.124 e. The topological polar surface area (TPSA) is 30.5 Å². The van der Waals surface area contributed by atoms with Gasteiger partial charge in [0.15, 0.2) is 0 Å². The van der Waals surface area contributed by atoms with Crippen LogP contribution in [0.15, 0.2) is 18.2 Å². The van der Waals surface area contributed by atoms with Gasteiger partial charge in [0.2, 0.25) is 0 Å². The summed E-state index contributed by atoms with van der Waals surface area (Å²) >= 11 is 6.03. The van der Waals surface area contributed by atoms with Crippen LogP contribution in [-0.4, -0.2) is 25.9 Å². The molecule has 1 rings (SSSR count). The van der Waals surface area contributed by atoms with Gasteiger partial charge in [0.25, 0.3) is 0 Å². The molecule has 19 heavy (non-hydrogen) atoms. The molecule has 0 aromatic heterocycles. The number of hydrogen-bond acceptors (Lipinski definition) is 3.